The summed E-state index contributed by atoms with van der Waals surface area (Å²) in [5.41, 5.74) is 1.50. The van der Waals surface area contributed by atoms with Crippen molar-refractivity contribution in [1.82, 2.24) is 9.97 Å². The number of benzene rings is 1. The second kappa shape index (κ2) is 9.58. The van der Waals surface area contributed by atoms with Gasteiger partial charge in [-0.25, -0.2) is 18.4 Å². The summed E-state index contributed by atoms with van der Waals surface area (Å²) in [5.74, 6) is 0.529. The van der Waals surface area contributed by atoms with Crippen molar-refractivity contribution < 1.29 is 40.9 Å². The second-order valence-corrected chi connectivity index (χ2v) is 9.62. The number of rotatable bonds is 8. The number of hydrogen-bond acceptors (Lipinski definition) is 8. The van der Waals surface area contributed by atoms with Crippen molar-refractivity contribution in [2.75, 3.05) is 26.0 Å². The molecule has 0 spiro atoms. The molecule has 2 aromatic heterocycles. The van der Waals surface area contributed by atoms with Crippen LogP contribution in [0.5, 0.6) is 17.2 Å². The Bertz CT molecular complexity index is 1340. The Labute approximate surface area is 198 Å². The molecule has 3 aromatic rings. The highest BCUT2D eigenvalue weighted by Gasteiger charge is 2.28. The number of aromatic nitrogens is 2. The zero-order valence-electron chi connectivity index (χ0n) is 18.2. The minimum atomic E-state index is -4.54. The van der Waals surface area contributed by atoms with Crippen molar-refractivity contribution in [3.8, 4) is 28.5 Å². The number of hydrogen-bond donors (Lipinski definition) is 2. The predicted octanol–water partition coefficient (Wildman–Crippen LogP) is 3.35. The molecule has 3 heterocycles. The lowest BCUT2D eigenvalue weighted by atomic mass is 10.1. The molecule has 35 heavy (non-hydrogen) atoms. The van der Waals surface area contributed by atoms with E-state index in [1.807, 2.05) is 0 Å². The molecule has 186 valence electrons. The molecule has 9 nitrogen and oxygen atoms in total. The fraction of sp³-hybridized carbons (Fsp3) is 0.273. The number of sulfone groups is 1. The Morgan fingerprint density at radius 2 is 1.86 bits per heavy atom. The van der Waals surface area contributed by atoms with E-state index < -0.39 is 28.7 Å². The molecule has 0 saturated heterocycles. The van der Waals surface area contributed by atoms with Crippen LogP contribution in [0.25, 0.3) is 11.3 Å². The summed E-state index contributed by atoms with van der Waals surface area (Å²) in [6, 6.07) is 10.3. The maximum Gasteiger partial charge on any atom is 0.422 e. The van der Waals surface area contributed by atoms with Crippen LogP contribution in [0.2, 0.25) is 0 Å². The third kappa shape index (κ3) is 6.31. The number of halogens is 3. The molecule has 0 saturated carbocycles. The van der Waals surface area contributed by atoms with Crippen LogP contribution in [0, 0.1) is 0 Å². The van der Waals surface area contributed by atoms with Crippen LogP contribution in [-0.2, 0) is 14.6 Å². The molecule has 0 unspecified atom stereocenters. The summed E-state index contributed by atoms with van der Waals surface area (Å²) in [6.07, 6.45) is -2.76. The number of nitrogens with zero attached hydrogens (tertiary/aromatic N) is 2. The van der Waals surface area contributed by atoms with Crippen LogP contribution in [0.15, 0.2) is 58.7 Å². The van der Waals surface area contributed by atoms with E-state index in [0.717, 1.165) is 6.26 Å². The van der Waals surface area contributed by atoms with Gasteiger partial charge in [-0.2, -0.15) is 13.2 Å². The summed E-state index contributed by atoms with van der Waals surface area (Å²) in [4.78, 5) is 11.1. The van der Waals surface area contributed by atoms with Gasteiger partial charge in [0, 0.05) is 23.6 Å². The van der Waals surface area contributed by atoms with Gasteiger partial charge in [0.25, 0.3) is 0 Å². The summed E-state index contributed by atoms with van der Waals surface area (Å²) in [6.45, 7) is -1.37. The van der Waals surface area contributed by atoms with Gasteiger partial charge in [0.05, 0.1) is 19.3 Å². The lowest BCUT2D eigenvalue weighted by Crippen LogP contribution is -2.19. The maximum atomic E-state index is 12.7. The number of aliphatic hydroxyl groups is 1. The largest absolute Gasteiger partial charge is 0.484 e. The smallest absolute Gasteiger partial charge is 0.422 e. The van der Waals surface area contributed by atoms with Crippen LogP contribution in [0.3, 0.4) is 0 Å². The minimum absolute atomic E-state index is 0.0958. The van der Waals surface area contributed by atoms with E-state index in [2.05, 4.69) is 15.0 Å². The highest BCUT2D eigenvalue weighted by atomic mass is 32.2. The SMILES string of the molecule is CS(=O)(=O)c1ccc(Oc2cc(OCC(F)(F)F)cc(-c3ccc(C4=NC[C@H](CO)O4)[nH]3)c2)cn1. The van der Waals surface area contributed by atoms with E-state index >= 15 is 0 Å². The summed E-state index contributed by atoms with van der Waals surface area (Å²) in [7, 11) is -3.50. The van der Waals surface area contributed by atoms with Gasteiger partial charge in [0.2, 0.25) is 5.90 Å². The number of pyridine rings is 1. The van der Waals surface area contributed by atoms with E-state index in [0.29, 0.717) is 29.4 Å². The third-order valence-electron chi connectivity index (χ3n) is 4.76. The molecule has 13 heteroatoms. The lowest BCUT2D eigenvalue weighted by molar-refractivity contribution is -0.153. The topological polar surface area (TPSA) is 123 Å². The highest BCUT2D eigenvalue weighted by Crippen LogP contribution is 2.33. The van der Waals surface area contributed by atoms with Crippen LogP contribution in [0.4, 0.5) is 13.2 Å². The van der Waals surface area contributed by atoms with Gasteiger partial charge in [-0.1, -0.05) is 0 Å². The highest BCUT2D eigenvalue weighted by molar-refractivity contribution is 7.90. The summed E-state index contributed by atoms with van der Waals surface area (Å²) in [5, 5.41) is 9.06. The van der Waals surface area contributed by atoms with Crippen LogP contribution >= 0.6 is 0 Å². The van der Waals surface area contributed by atoms with Crippen molar-refractivity contribution in [2.45, 2.75) is 17.3 Å². The Morgan fingerprint density at radius 1 is 1.11 bits per heavy atom. The van der Waals surface area contributed by atoms with Gasteiger partial charge in [0.15, 0.2) is 21.5 Å². The molecular weight excluding hydrogens is 491 g/mol. The molecule has 0 fully saturated rings. The first-order chi connectivity index (χ1) is 16.5. The first kappa shape index (κ1) is 24.5. The number of aliphatic hydroxyl groups excluding tert-OH is 1. The summed E-state index contributed by atoms with van der Waals surface area (Å²) >= 11 is 0. The molecule has 1 atom stereocenters. The molecule has 0 radical (unpaired) electrons. The number of alkyl halides is 3. The zero-order chi connectivity index (χ0) is 25.2. The number of aliphatic imine (C=N–C) groups is 1. The first-order valence-electron chi connectivity index (χ1n) is 10.2. The average Bonchev–Trinajstić information content (AvgIpc) is 3.46. The van der Waals surface area contributed by atoms with Gasteiger partial charge < -0.3 is 24.3 Å². The molecule has 0 amide bonds. The van der Waals surface area contributed by atoms with Crippen molar-refractivity contribution in [2.24, 2.45) is 4.99 Å². The Kier molecular flexibility index (Phi) is 6.72. The molecule has 0 bridgehead atoms. The van der Waals surface area contributed by atoms with Crippen LogP contribution in [-0.4, -0.2) is 67.7 Å². The van der Waals surface area contributed by atoms with Crippen molar-refractivity contribution >= 4 is 15.7 Å². The third-order valence-corrected chi connectivity index (χ3v) is 5.76. The molecule has 1 aliphatic heterocycles. The maximum absolute atomic E-state index is 12.7. The lowest BCUT2D eigenvalue weighted by Gasteiger charge is -2.13. The quantitative estimate of drug-likeness (QED) is 0.476. The van der Waals surface area contributed by atoms with Crippen LogP contribution < -0.4 is 9.47 Å². The van der Waals surface area contributed by atoms with E-state index in [4.69, 9.17) is 14.2 Å². The Balaban J connectivity index is 1.62. The van der Waals surface area contributed by atoms with Gasteiger partial charge in [-0.15, -0.1) is 0 Å². The van der Waals surface area contributed by atoms with Crippen molar-refractivity contribution in [3.63, 3.8) is 0 Å². The summed E-state index contributed by atoms with van der Waals surface area (Å²) < 4.78 is 77.5. The van der Waals surface area contributed by atoms with Gasteiger partial charge in [-0.05, 0) is 36.4 Å². The average molecular weight is 511 g/mol. The number of nitrogens with one attached hydrogen (secondary N) is 1. The van der Waals surface area contributed by atoms with E-state index in [-0.39, 0.29) is 28.9 Å². The van der Waals surface area contributed by atoms with Crippen molar-refractivity contribution in [1.29, 1.82) is 0 Å². The van der Waals surface area contributed by atoms with Gasteiger partial charge >= 0.3 is 6.18 Å². The monoisotopic (exact) mass is 511 g/mol. The number of ether oxygens (including phenoxy) is 3. The molecule has 1 aromatic carbocycles. The molecule has 0 aliphatic carbocycles. The molecular formula is C22H20F3N3O6S. The molecule has 2 N–H and O–H groups in total. The second-order valence-electron chi connectivity index (χ2n) is 7.66. The van der Waals surface area contributed by atoms with Gasteiger partial charge in [-0.3, -0.25) is 0 Å². The van der Waals surface area contributed by atoms with Gasteiger partial charge in [0.1, 0.15) is 29.0 Å². The first-order valence-corrected chi connectivity index (χ1v) is 12.1. The predicted molar refractivity (Wildman–Crippen MR) is 119 cm³/mol. The van der Waals surface area contributed by atoms with Crippen LogP contribution in [0.1, 0.15) is 5.69 Å². The fourth-order valence-electron chi connectivity index (χ4n) is 3.17. The molecule has 4 rings (SSSR count). The van der Waals surface area contributed by atoms with E-state index in [9.17, 15) is 26.7 Å². The van der Waals surface area contributed by atoms with E-state index in [1.54, 1.807) is 18.2 Å². The number of aromatic amines is 1. The Hall–Kier alpha value is -3.58. The standard InChI is InChI=1S/C22H20F3N3O6S/c1-35(30,31)20-5-2-14(9-26-20)33-16-7-13(6-15(8-16)32-12-22(23,24)25)18-3-4-19(28-18)21-27-10-17(11-29)34-21/h2-9,17,28-29H,10-12H2,1H3/t17-/m1/s1. The van der Waals surface area contributed by atoms with Crippen molar-refractivity contribution in [3.05, 3.63) is 54.4 Å². The zero-order valence-corrected chi connectivity index (χ0v) is 19.1. The molecule has 1 aliphatic rings. The fourth-order valence-corrected chi connectivity index (χ4v) is 3.73. The normalized spacial score (nSPS) is 16.0. The number of H-pyrrole nitrogens is 1. The van der Waals surface area contributed by atoms with E-state index in [1.165, 1.54) is 30.5 Å². The minimum Gasteiger partial charge on any atom is -0.484 e. The Morgan fingerprint density at radius 3 is 2.49 bits per heavy atom.